The SMILES string of the molecule is c1ccc2cc3c(Nc4cccc5c4[nH]c4ccccc45)cccc3cc2c1. The van der Waals surface area contributed by atoms with Crippen LogP contribution in [0.3, 0.4) is 0 Å². The Hall–Kier alpha value is -3.78. The van der Waals surface area contributed by atoms with Crippen LogP contribution in [0.4, 0.5) is 11.4 Å². The maximum Gasteiger partial charge on any atom is 0.0704 e. The van der Waals surface area contributed by atoms with E-state index in [0.717, 1.165) is 22.4 Å². The molecule has 2 N–H and O–H groups in total. The van der Waals surface area contributed by atoms with Gasteiger partial charge in [-0.3, -0.25) is 0 Å². The third kappa shape index (κ3) is 2.28. The van der Waals surface area contributed by atoms with Gasteiger partial charge < -0.3 is 10.3 Å². The maximum absolute atomic E-state index is 3.68. The minimum atomic E-state index is 1.09. The van der Waals surface area contributed by atoms with Gasteiger partial charge in [-0.15, -0.1) is 0 Å². The zero-order valence-corrected chi connectivity index (χ0v) is 15.2. The molecule has 0 unspecified atom stereocenters. The highest BCUT2D eigenvalue weighted by atomic mass is 14.9. The van der Waals surface area contributed by atoms with Gasteiger partial charge in [0.15, 0.2) is 0 Å². The Balaban J connectivity index is 1.56. The Bertz CT molecular complexity index is 1490. The molecule has 0 atom stereocenters. The monoisotopic (exact) mass is 358 g/mol. The second-order valence-electron chi connectivity index (χ2n) is 7.25. The van der Waals surface area contributed by atoms with E-state index in [1.54, 1.807) is 0 Å². The maximum atomic E-state index is 3.68. The lowest BCUT2D eigenvalue weighted by Gasteiger charge is -2.12. The fourth-order valence-corrected chi connectivity index (χ4v) is 4.20. The quantitative estimate of drug-likeness (QED) is 0.311. The van der Waals surface area contributed by atoms with E-state index in [2.05, 4.69) is 107 Å². The fourth-order valence-electron chi connectivity index (χ4n) is 4.20. The lowest BCUT2D eigenvalue weighted by Crippen LogP contribution is -1.92. The first kappa shape index (κ1) is 15.3. The Kier molecular flexibility index (Phi) is 3.20. The van der Waals surface area contributed by atoms with E-state index in [9.17, 15) is 0 Å². The summed E-state index contributed by atoms with van der Waals surface area (Å²) >= 11 is 0. The molecule has 0 aliphatic rings. The molecule has 1 aromatic heterocycles. The van der Waals surface area contributed by atoms with E-state index >= 15 is 0 Å². The Labute approximate surface area is 162 Å². The van der Waals surface area contributed by atoms with Crippen molar-refractivity contribution in [2.45, 2.75) is 0 Å². The molecule has 0 aliphatic heterocycles. The van der Waals surface area contributed by atoms with Gasteiger partial charge in [0.05, 0.1) is 11.2 Å². The van der Waals surface area contributed by atoms with E-state index in [0.29, 0.717) is 0 Å². The molecule has 0 saturated carbocycles. The summed E-state index contributed by atoms with van der Waals surface area (Å²) in [5.41, 5.74) is 4.51. The van der Waals surface area contributed by atoms with Crippen LogP contribution in [0.5, 0.6) is 0 Å². The van der Waals surface area contributed by atoms with Crippen molar-refractivity contribution in [3.05, 3.63) is 97.1 Å². The molecule has 0 radical (unpaired) electrons. The molecule has 1 heterocycles. The number of rotatable bonds is 2. The molecule has 0 spiro atoms. The third-order valence-corrected chi connectivity index (χ3v) is 5.56. The number of fused-ring (bicyclic) bond motifs is 5. The molecule has 0 amide bonds. The van der Waals surface area contributed by atoms with Crippen LogP contribution in [-0.4, -0.2) is 4.98 Å². The Morgan fingerprint density at radius 1 is 0.500 bits per heavy atom. The van der Waals surface area contributed by atoms with Crippen LogP contribution in [-0.2, 0) is 0 Å². The molecule has 2 heteroatoms. The number of aromatic amines is 1. The van der Waals surface area contributed by atoms with Crippen molar-refractivity contribution in [3.63, 3.8) is 0 Å². The van der Waals surface area contributed by atoms with Crippen molar-refractivity contribution >= 4 is 54.7 Å². The predicted octanol–water partition coefficient (Wildman–Crippen LogP) is 7.37. The first-order valence-electron chi connectivity index (χ1n) is 9.55. The summed E-state index contributed by atoms with van der Waals surface area (Å²) in [5.74, 6) is 0. The number of nitrogens with one attached hydrogen (secondary N) is 2. The standard InChI is InChI=1S/C26H18N2/c1-2-8-18-16-22-19(15-17(18)7-1)9-5-13-24(22)27-25-14-6-11-21-20-10-3-4-12-23(20)28-26(21)25/h1-16,27-28H. The van der Waals surface area contributed by atoms with Crippen LogP contribution in [0.2, 0.25) is 0 Å². The summed E-state index contributed by atoms with van der Waals surface area (Å²) in [4.78, 5) is 3.58. The van der Waals surface area contributed by atoms with E-state index in [1.807, 2.05) is 0 Å². The molecule has 5 aromatic carbocycles. The van der Waals surface area contributed by atoms with Crippen molar-refractivity contribution in [1.82, 2.24) is 4.98 Å². The zero-order chi connectivity index (χ0) is 18.5. The van der Waals surface area contributed by atoms with Crippen LogP contribution in [0.25, 0.3) is 43.4 Å². The van der Waals surface area contributed by atoms with Gasteiger partial charge in [0.25, 0.3) is 0 Å². The number of anilines is 2. The van der Waals surface area contributed by atoms with Crippen LogP contribution in [0.1, 0.15) is 0 Å². The summed E-state index contributed by atoms with van der Waals surface area (Å²) in [5, 5.41) is 11.2. The van der Waals surface area contributed by atoms with Crippen molar-refractivity contribution < 1.29 is 0 Å². The third-order valence-electron chi connectivity index (χ3n) is 5.56. The van der Waals surface area contributed by atoms with E-state index in [1.165, 1.54) is 32.3 Å². The summed E-state index contributed by atoms with van der Waals surface area (Å²) in [6.45, 7) is 0. The van der Waals surface area contributed by atoms with Crippen molar-refractivity contribution in [2.24, 2.45) is 0 Å². The van der Waals surface area contributed by atoms with E-state index in [-0.39, 0.29) is 0 Å². The average Bonchev–Trinajstić information content (AvgIpc) is 3.12. The number of para-hydroxylation sites is 2. The average molecular weight is 358 g/mol. The molecule has 6 aromatic rings. The summed E-state index contributed by atoms with van der Waals surface area (Å²) in [6, 6.07) is 34.4. The topological polar surface area (TPSA) is 27.8 Å². The van der Waals surface area contributed by atoms with Gasteiger partial charge in [-0.1, -0.05) is 66.7 Å². The molecule has 0 bridgehead atoms. The van der Waals surface area contributed by atoms with Crippen molar-refractivity contribution in [1.29, 1.82) is 0 Å². The Morgan fingerprint density at radius 2 is 1.18 bits per heavy atom. The number of aromatic nitrogens is 1. The molecule has 0 saturated heterocycles. The molecule has 2 nitrogen and oxygen atoms in total. The van der Waals surface area contributed by atoms with Crippen molar-refractivity contribution in [2.75, 3.05) is 5.32 Å². The molecule has 28 heavy (non-hydrogen) atoms. The Morgan fingerprint density at radius 3 is 2.11 bits per heavy atom. The molecule has 0 fully saturated rings. The van der Waals surface area contributed by atoms with E-state index in [4.69, 9.17) is 0 Å². The molecule has 6 rings (SSSR count). The number of benzene rings is 5. The summed E-state index contributed by atoms with van der Waals surface area (Å²) in [6.07, 6.45) is 0. The van der Waals surface area contributed by atoms with Crippen LogP contribution in [0.15, 0.2) is 97.1 Å². The van der Waals surface area contributed by atoms with Crippen LogP contribution < -0.4 is 5.32 Å². The first-order valence-corrected chi connectivity index (χ1v) is 9.55. The van der Waals surface area contributed by atoms with Gasteiger partial charge in [-0.05, 0) is 46.5 Å². The van der Waals surface area contributed by atoms with Crippen molar-refractivity contribution in [3.8, 4) is 0 Å². The lowest BCUT2D eigenvalue weighted by atomic mass is 10.0. The second kappa shape index (κ2) is 5.86. The zero-order valence-electron chi connectivity index (χ0n) is 15.2. The molecular weight excluding hydrogens is 340 g/mol. The molecular formula is C26H18N2. The predicted molar refractivity (Wildman–Crippen MR) is 121 cm³/mol. The van der Waals surface area contributed by atoms with Gasteiger partial charge in [-0.2, -0.15) is 0 Å². The highest BCUT2D eigenvalue weighted by Crippen LogP contribution is 2.34. The normalized spacial score (nSPS) is 11.6. The summed E-state index contributed by atoms with van der Waals surface area (Å²) < 4.78 is 0. The van der Waals surface area contributed by atoms with Gasteiger partial charge in [0.1, 0.15) is 0 Å². The van der Waals surface area contributed by atoms with Gasteiger partial charge in [0, 0.05) is 27.4 Å². The highest BCUT2D eigenvalue weighted by molar-refractivity contribution is 6.12. The lowest BCUT2D eigenvalue weighted by molar-refractivity contribution is 1.52. The summed E-state index contributed by atoms with van der Waals surface area (Å²) in [7, 11) is 0. The molecule has 132 valence electrons. The van der Waals surface area contributed by atoms with Gasteiger partial charge >= 0.3 is 0 Å². The van der Waals surface area contributed by atoms with Crippen LogP contribution in [0, 0.1) is 0 Å². The second-order valence-corrected chi connectivity index (χ2v) is 7.25. The van der Waals surface area contributed by atoms with Gasteiger partial charge in [-0.25, -0.2) is 0 Å². The first-order chi connectivity index (χ1) is 13.9. The number of H-pyrrole nitrogens is 1. The number of hydrogen-bond acceptors (Lipinski definition) is 1. The van der Waals surface area contributed by atoms with Crippen LogP contribution >= 0.6 is 0 Å². The molecule has 0 aliphatic carbocycles. The van der Waals surface area contributed by atoms with E-state index < -0.39 is 0 Å². The minimum absolute atomic E-state index is 1.09. The minimum Gasteiger partial charge on any atom is -0.353 e. The smallest absolute Gasteiger partial charge is 0.0704 e. The van der Waals surface area contributed by atoms with Gasteiger partial charge in [0.2, 0.25) is 0 Å². The fraction of sp³-hybridized carbons (Fsp3) is 0. The number of hydrogen-bond donors (Lipinski definition) is 2. The highest BCUT2D eigenvalue weighted by Gasteiger charge is 2.09. The largest absolute Gasteiger partial charge is 0.353 e.